The van der Waals surface area contributed by atoms with Crippen molar-refractivity contribution >= 4 is 5.91 Å². The molecule has 0 radical (unpaired) electrons. The Labute approximate surface area is 168 Å². The van der Waals surface area contributed by atoms with Crippen LogP contribution in [0.25, 0.3) is 0 Å². The van der Waals surface area contributed by atoms with E-state index in [4.69, 9.17) is 9.47 Å². The molecule has 0 aliphatic carbocycles. The van der Waals surface area contributed by atoms with Crippen LogP contribution in [0.15, 0.2) is 48.5 Å². The summed E-state index contributed by atoms with van der Waals surface area (Å²) in [6, 6.07) is 12.1. The van der Waals surface area contributed by atoms with Gasteiger partial charge in [-0.2, -0.15) is 13.2 Å². The lowest BCUT2D eigenvalue weighted by Gasteiger charge is -2.11. The number of ether oxygens (including phenoxy) is 2. The first-order chi connectivity index (χ1) is 13.9. The number of carbonyl (C=O) groups is 1. The Hall–Kier alpha value is -3.14. The second kappa shape index (κ2) is 11.0. The van der Waals surface area contributed by atoms with Gasteiger partial charge in [-0.1, -0.05) is 30.0 Å². The number of alkyl halides is 3. The highest BCUT2D eigenvalue weighted by atomic mass is 19.4. The normalized spacial score (nSPS) is 10.6. The number of rotatable bonds is 8. The number of hydrogen-bond acceptors (Lipinski definition) is 3. The summed E-state index contributed by atoms with van der Waals surface area (Å²) in [7, 11) is 0. The maximum atomic E-state index is 12.7. The minimum Gasteiger partial charge on any atom is -0.490 e. The van der Waals surface area contributed by atoms with Crippen LogP contribution in [0.4, 0.5) is 13.2 Å². The molecular formula is C22H22F3NO3. The lowest BCUT2D eigenvalue weighted by Crippen LogP contribution is -2.23. The van der Waals surface area contributed by atoms with Gasteiger partial charge < -0.3 is 14.8 Å². The van der Waals surface area contributed by atoms with E-state index < -0.39 is 11.7 Å². The van der Waals surface area contributed by atoms with Gasteiger partial charge in [0.25, 0.3) is 0 Å². The molecule has 0 saturated heterocycles. The van der Waals surface area contributed by atoms with Crippen molar-refractivity contribution in [2.75, 3.05) is 19.8 Å². The van der Waals surface area contributed by atoms with E-state index >= 15 is 0 Å². The zero-order valence-electron chi connectivity index (χ0n) is 16.0. The van der Waals surface area contributed by atoms with Gasteiger partial charge in [-0.3, -0.25) is 4.79 Å². The molecule has 29 heavy (non-hydrogen) atoms. The molecule has 2 aromatic rings. The summed E-state index contributed by atoms with van der Waals surface area (Å²) < 4.78 is 49.1. The van der Waals surface area contributed by atoms with E-state index in [1.807, 2.05) is 25.1 Å². The molecule has 0 atom stereocenters. The van der Waals surface area contributed by atoms with Gasteiger partial charge in [-0.25, -0.2) is 0 Å². The van der Waals surface area contributed by atoms with Crippen LogP contribution < -0.4 is 14.8 Å². The molecule has 0 unspecified atom stereocenters. The highest BCUT2D eigenvalue weighted by Gasteiger charge is 2.30. The Morgan fingerprint density at radius 1 is 1.07 bits per heavy atom. The van der Waals surface area contributed by atoms with Gasteiger partial charge in [-0.15, -0.1) is 0 Å². The van der Waals surface area contributed by atoms with E-state index in [1.165, 1.54) is 12.1 Å². The van der Waals surface area contributed by atoms with E-state index in [9.17, 15) is 18.0 Å². The Morgan fingerprint density at radius 2 is 1.79 bits per heavy atom. The Kier molecular flexibility index (Phi) is 8.41. The molecule has 0 aliphatic rings. The quantitative estimate of drug-likeness (QED) is 0.522. The molecule has 1 amide bonds. The Bertz CT molecular complexity index is 869. The van der Waals surface area contributed by atoms with Crippen LogP contribution >= 0.6 is 0 Å². The Morgan fingerprint density at radius 3 is 2.48 bits per heavy atom. The maximum Gasteiger partial charge on any atom is 0.416 e. The van der Waals surface area contributed by atoms with Crippen molar-refractivity contribution in [3.63, 3.8) is 0 Å². The molecule has 0 spiro atoms. The average Bonchev–Trinajstić information content (AvgIpc) is 2.69. The standard InChI is InChI=1S/C22H22F3NO3/c1-2-28-19-11-3-4-12-20(19)29-15-7-13-21(27)26-14-6-9-17-8-5-10-18(16-17)22(23,24)25/h3-5,8,10-12,16H,2,7,13-15H2,1H3,(H,26,27). The van der Waals surface area contributed by atoms with Crippen molar-refractivity contribution in [1.29, 1.82) is 0 Å². The molecule has 0 fully saturated rings. The van der Waals surface area contributed by atoms with Crippen LogP contribution in [-0.2, 0) is 11.0 Å². The molecule has 4 nitrogen and oxygen atoms in total. The molecule has 0 aliphatic heterocycles. The summed E-state index contributed by atoms with van der Waals surface area (Å²) in [5, 5.41) is 2.61. The summed E-state index contributed by atoms with van der Waals surface area (Å²) in [5.41, 5.74) is -0.505. The fraction of sp³-hybridized carbons (Fsp3) is 0.318. The molecule has 0 bridgehead atoms. The van der Waals surface area contributed by atoms with Crippen molar-refractivity contribution in [3.05, 3.63) is 59.7 Å². The van der Waals surface area contributed by atoms with Crippen LogP contribution in [0.5, 0.6) is 11.5 Å². The van der Waals surface area contributed by atoms with Crippen molar-refractivity contribution in [2.45, 2.75) is 25.9 Å². The van der Waals surface area contributed by atoms with Crippen LogP contribution in [0.3, 0.4) is 0 Å². The van der Waals surface area contributed by atoms with E-state index in [2.05, 4.69) is 17.2 Å². The molecule has 7 heteroatoms. The molecular weight excluding hydrogens is 383 g/mol. The van der Waals surface area contributed by atoms with Crippen LogP contribution in [0.1, 0.15) is 30.9 Å². The average molecular weight is 405 g/mol. The number of nitrogens with one attached hydrogen (secondary N) is 1. The number of benzene rings is 2. The molecule has 0 aromatic heterocycles. The van der Waals surface area contributed by atoms with Gasteiger partial charge in [0.05, 0.1) is 25.3 Å². The Balaban J connectivity index is 1.71. The zero-order chi connectivity index (χ0) is 21.1. The molecule has 0 saturated carbocycles. The molecule has 154 valence electrons. The third kappa shape index (κ3) is 7.78. The fourth-order valence-corrected chi connectivity index (χ4v) is 2.41. The van der Waals surface area contributed by atoms with Gasteiger partial charge in [-0.05, 0) is 43.7 Å². The highest BCUT2D eigenvalue weighted by Crippen LogP contribution is 2.29. The van der Waals surface area contributed by atoms with E-state index in [0.29, 0.717) is 31.1 Å². The molecule has 1 N–H and O–H groups in total. The second-order valence-electron chi connectivity index (χ2n) is 5.99. The zero-order valence-corrected chi connectivity index (χ0v) is 16.0. The number of para-hydroxylation sites is 2. The molecule has 2 aromatic carbocycles. The summed E-state index contributed by atoms with van der Waals surface area (Å²) >= 11 is 0. The van der Waals surface area contributed by atoms with E-state index in [-0.39, 0.29) is 24.4 Å². The van der Waals surface area contributed by atoms with Gasteiger partial charge in [0, 0.05) is 12.0 Å². The van der Waals surface area contributed by atoms with Crippen molar-refractivity contribution in [2.24, 2.45) is 0 Å². The number of carbonyl (C=O) groups excluding carboxylic acids is 1. The number of amides is 1. The van der Waals surface area contributed by atoms with Gasteiger partial charge in [0.1, 0.15) is 0 Å². The van der Waals surface area contributed by atoms with Crippen molar-refractivity contribution < 1.29 is 27.4 Å². The summed E-state index contributed by atoms with van der Waals surface area (Å²) in [6.07, 6.45) is -3.65. The number of hydrogen-bond donors (Lipinski definition) is 1. The van der Waals surface area contributed by atoms with Gasteiger partial charge in [0.2, 0.25) is 5.91 Å². The fourth-order valence-electron chi connectivity index (χ4n) is 2.41. The predicted octanol–water partition coefficient (Wildman–Crippen LogP) is 4.43. The summed E-state index contributed by atoms with van der Waals surface area (Å²) in [5.74, 6) is 6.35. The van der Waals surface area contributed by atoms with Crippen LogP contribution in [0, 0.1) is 11.8 Å². The lowest BCUT2D eigenvalue weighted by atomic mass is 10.1. The largest absolute Gasteiger partial charge is 0.490 e. The number of halogens is 3. The maximum absolute atomic E-state index is 12.7. The van der Waals surface area contributed by atoms with E-state index in [0.717, 1.165) is 12.1 Å². The van der Waals surface area contributed by atoms with E-state index in [1.54, 1.807) is 6.07 Å². The SMILES string of the molecule is CCOc1ccccc1OCCCC(=O)NCC#Cc1cccc(C(F)(F)F)c1. The van der Waals surface area contributed by atoms with Crippen LogP contribution in [-0.4, -0.2) is 25.7 Å². The monoisotopic (exact) mass is 405 g/mol. The first kappa shape index (κ1) is 22.2. The minimum absolute atomic E-state index is 0.0586. The van der Waals surface area contributed by atoms with Crippen molar-refractivity contribution in [1.82, 2.24) is 5.32 Å². The lowest BCUT2D eigenvalue weighted by molar-refractivity contribution is -0.137. The minimum atomic E-state index is -4.41. The van der Waals surface area contributed by atoms with Crippen molar-refractivity contribution in [3.8, 4) is 23.3 Å². The third-order valence-electron chi connectivity index (χ3n) is 3.75. The predicted molar refractivity (Wildman–Crippen MR) is 104 cm³/mol. The smallest absolute Gasteiger partial charge is 0.416 e. The first-order valence-electron chi connectivity index (χ1n) is 9.17. The molecule has 0 heterocycles. The molecule has 2 rings (SSSR count). The second-order valence-corrected chi connectivity index (χ2v) is 5.99. The topological polar surface area (TPSA) is 47.6 Å². The van der Waals surface area contributed by atoms with Gasteiger partial charge in [0.15, 0.2) is 11.5 Å². The third-order valence-corrected chi connectivity index (χ3v) is 3.75. The van der Waals surface area contributed by atoms with Crippen LogP contribution in [0.2, 0.25) is 0 Å². The summed E-state index contributed by atoms with van der Waals surface area (Å²) in [4.78, 5) is 11.8. The highest BCUT2D eigenvalue weighted by molar-refractivity contribution is 5.76. The van der Waals surface area contributed by atoms with Gasteiger partial charge >= 0.3 is 6.18 Å². The summed E-state index contributed by atoms with van der Waals surface area (Å²) in [6.45, 7) is 2.83. The first-order valence-corrected chi connectivity index (χ1v) is 9.17.